The summed E-state index contributed by atoms with van der Waals surface area (Å²) in [5.41, 5.74) is 0.703. The van der Waals surface area contributed by atoms with Crippen LogP contribution in [0.4, 0.5) is 10.5 Å². The van der Waals surface area contributed by atoms with Crippen LogP contribution in [0.3, 0.4) is 0 Å². The molecule has 1 rings (SSSR count). The van der Waals surface area contributed by atoms with E-state index in [0.29, 0.717) is 30.5 Å². The highest BCUT2D eigenvalue weighted by molar-refractivity contribution is 5.90. The second kappa shape index (κ2) is 10.9. The SMILES string of the molecule is CCN(CC)CCOc1ccccc1NC(=O)NCCC(C)C. The standard InChI is InChI=1S/C18H31N3O2/c1-5-21(6-2)13-14-23-17-10-8-7-9-16(17)20-18(22)19-12-11-15(3)4/h7-10,15H,5-6,11-14H2,1-4H3,(H2,19,20,22). The largest absolute Gasteiger partial charge is 0.490 e. The molecule has 0 aliphatic rings. The summed E-state index contributed by atoms with van der Waals surface area (Å²) in [5.74, 6) is 1.28. The van der Waals surface area contributed by atoms with E-state index in [-0.39, 0.29) is 6.03 Å². The number of carbonyl (C=O) groups excluding carboxylic acids is 1. The number of ether oxygens (including phenoxy) is 1. The minimum absolute atomic E-state index is 0.189. The van der Waals surface area contributed by atoms with Gasteiger partial charge in [-0.1, -0.05) is 39.8 Å². The zero-order chi connectivity index (χ0) is 17.1. The van der Waals surface area contributed by atoms with E-state index in [2.05, 4.69) is 43.2 Å². The van der Waals surface area contributed by atoms with Gasteiger partial charge in [-0.05, 0) is 37.6 Å². The van der Waals surface area contributed by atoms with Gasteiger partial charge in [-0.3, -0.25) is 0 Å². The van der Waals surface area contributed by atoms with Crippen molar-refractivity contribution in [3.63, 3.8) is 0 Å². The first-order valence-electron chi connectivity index (χ1n) is 8.55. The normalized spacial score (nSPS) is 10.9. The molecule has 0 aliphatic heterocycles. The molecule has 1 aromatic rings. The molecule has 0 unspecified atom stereocenters. The number of likely N-dealkylation sites (N-methyl/N-ethyl adjacent to an activating group) is 1. The Morgan fingerprint density at radius 3 is 2.57 bits per heavy atom. The molecule has 0 spiro atoms. The van der Waals surface area contributed by atoms with E-state index in [1.807, 2.05) is 24.3 Å². The number of para-hydroxylation sites is 2. The molecule has 0 radical (unpaired) electrons. The molecule has 0 atom stereocenters. The Kier molecular flexibility index (Phi) is 9.14. The smallest absolute Gasteiger partial charge is 0.319 e. The van der Waals surface area contributed by atoms with Crippen LogP contribution in [-0.2, 0) is 0 Å². The van der Waals surface area contributed by atoms with Crippen LogP contribution in [0, 0.1) is 5.92 Å². The quantitative estimate of drug-likeness (QED) is 0.692. The van der Waals surface area contributed by atoms with E-state index in [9.17, 15) is 4.79 Å². The molecule has 0 saturated heterocycles. The second-order valence-corrected chi connectivity index (χ2v) is 5.93. The maximum atomic E-state index is 11.9. The summed E-state index contributed by atoms with van der Waals surface area (Å²) in [6.07, 6.45) is 0.968. The van der Waals surface area contributed by atoms with Gasteiger partial charge >= 0.3 is 6.03 Å². The minimum atomic E-state index is -0.189. The predicted octanol–water partition coefficient (Wildman–Crippen LogP) is 3.57. The molecule has 1 aromatic carbocycles. The maximum Gasteiger partial charge on any atom is 0.319 e. The molecule has 0 saturated carbocycles. The number of carbonyl (C=O) groups is 1. The fourth-order valence-corrected chi connectivity index (χ4v) is 2.16. The van der Waals surface area contributed by atoms with Crippen LogP contribution in [0.1, 0.15) is 34.1 Å². The van der Waals surface area contributed by atoms with Crippen LogP contribution in [0.5, 0.6) is 5.75 Å². The van der Waals surface area contributed by atoms with Crippen molar-refractivity contribution in [1.29, 1.82) is 0 Å². The number of nitrogens with zero attached hydrogens (tertiary/aromatic N) is 1. The number of hydrogen-bond acceptors (Lipinski definition) is 3. The van der Waals surface area contributed by atoms with E-state index in [0.717, 1.165) is 26.1 Å². The van der Waals surface area contributed by atoms with E-state index in [1.165, 1.54) is 0 Å². The summed E-state index contributed by atoms with van der Waals surface area (Å²) in [7, 11) is 0. The van der Waals surface area contributed by atoms with Gasteiger partial charge in [0.25, 0.3) is 0 Å². The number of rotatable bonds is 10. The third-order valence-corrected chi connectivity index (χ3v) is 3.70. The fourth-order valence-electron chi connectivity index (χ4n) is 2.16. The van der Waals surface area contributed by atoms with Crippen LogP contribution in [0.2, 0.25) is 0 Å². The Bertz CT molecular complexity index is 459. The molecule has 0 aromatic heterocycles. The molecule has 0 heterocycles. The summed E-state index contributed by atoms with van der Waals surface area (Å²) < 4.78 is 5.83. The Labute approximate surface area is 140 Å². The molecule has 130 valence electrons. The Hall–Kier alpha value is -1.75. The lowest BCUT2D eigenvalue weighted by molar-refractivity contribution is 0.223. The molecule has 2 N–H and O–H groups in total. The lowest BCUT2D eigenvalue weighted by Crippen LogP contribution is -2.30. The maximum absolute atomic E-state index is 11.9. The fraction of sp³-hybridized carbons (Fsp3) is 0.611. The first-order chi connectivity index (χ1) is 11.1. The molecular formula is C18H31N3O2. The van der Waals surface area contributed by atoms with Crippen molar-refractivity contribution in [3.8, 4) is 5.75 Å². The highest BCUT2D eigenvalue weighted by Crippen LogP contribution is 2.23. The summed E-state index contributed by atoms with van der Waals surface area (Å²) in [6.45, 7) is 12.7. The molecule has 23 heavy (non-hydrogen) atoms. The Morgan fingerprint density at radius 1 is 1.22 bits per heavy atom. The first-order valence-corrected chi connectivity index (χ1v) is 8.55. The topological polar surface area (TPSA) is 53.6 Å². The summed E-state index contributed by atoms with van der Waals surface area (Å²) in [4.78, 5) is 14.2. The number of hydrogen-bond donors (Lipinski definition) is 2. The number of benzene rings is 1. The van der Waals surface area contributed by atoms with E-state index < -0.39 is 0 Å². The zero-order valence-corrected chi connectivity index (χ0v) is 14.9. The highest BCUT2D eigenvalue weighted by atomic mass is 16.5. The summed E-state index contributed by atoms with van der Waals surface area (Å²) >= 11 is 0. The van der Waals surface area contributed by atoms with E-state index in [1.54, 1.807) is 0 Å². The van der Waals surface area contributed by atoms with Crippen LogP contribution in [0.15, 0.2) is 24.3 Å². The van der Waals surface area contributed by atoms with Gasteiger partial charge in [-0.25, -0.2) is 4.79 Å². The minimum Gasteiger partial charge on any atom is -0.490 e. The van der Waals surface area contributed by atoms with Gasteiger partial charge in [-0.15, -0.1) is 0 Å². The third kappa shape index (κ3) is 7.88. The van der Waals surface area contributed by atoms with Crippen LogP contribution in [0.25, 0.3) is 0 Å². The van der Waals surface area contributed by atoms with Crippen molar-refractivity contribution in [2.24, 2.45) is 5.92 Å². The number of nitrogens with one attached hydrogen (secondary N) is 2. The van der Waals surface area contributed by atoms with Crippen LogP contribution in [-0.4, -0.2) is 43.7 Å². The van der Waals surface area contributed by atoms with Crippen molar-refractivity contribution >= 4 is 11.7 Å². The molecule has 5 nitrogen and oxygen atoms in total. The summed E-state index contributed by atoms with van der Waals surface area (Å²) in [5, 5.41) is 5.73. The lowest BCUT2D eigenvalue weighted by atomic mass is 10.1. The molecule has 5 heteroatoms. The van der Waals surface area contributed by atoms with Gasteiger partial charge in [0.2, 0.25) is 0 Å². The van der Waals surface area contributed by atoms with Gasteiger partial charge in [0, 0.05) is 13.1 Å². The molecule has 0 fully saturated rings. The van der Waals surface area contributed by atoms with Crippen LogP contribution >= 0.6 is 0 Å². The molecule has 0 aliphatic carbocycles. The Balaban J connectivity index is 2.48. The number of amides is 2. The predicted molar refractivity (Wildman–Crippen MR) is 96.2 cm³/mol. The van der Waals surface area contributed by atoms with Crippen molar-refractivity contribution in [2.45, 2.75) is 34.1 Å². The lowest BCUT2D eigenvalue weighted by Gasteiger charge is -2.19. The molecular weight excluding hydrogens is 290 g/mol. The highest BCUT2D eigenvalue weighted by Gasteiger charge is 2.08. The first kappa shape index (κ1) is 19.3. The third-order valence-electron chi connectivity index (χ3n) is 3.70. The van der Waals surface area contributed by atoms with E-state index in [4.69, 9.17) is 4.74 Å². The van der Waals surface area contributed by atoms with Gasteiger partial charge < -0.3 is 20.3 Å². The number of anilines is 1. The average molecular weight is 321 g/mol. The van der Waals surface area contributed by atoms with Crippen molar-refractivity contribution in [3.05, 3.63) is 24.3 Å². The zero-order valence-electron chi connectivity index (χ0n) is 14.9. The van der Waals surface area contributed by atoms with Gasteiger partial charge in [0.15, 0.2) is 0 Å². The van der Waals surface area contributed by atoms with Crippen molar-refractivity contribution in [2.75, 3.05) is 38.1 Å². The Morgan fingerprint density at radius 2 is 1.91 bits per heavy atom. The number of urea groups is 1. The van der Waals surface area contributed by atoms with Crippen LogP contribution < -0.4 is 15.4 Å². The summed E-state index contributed by atoms with van der Waals surface area (Å²) in [6, 6.07) is 7.35. The van der Waals surface area contributed by atoms with E-state index >= 15 is 0 Å². The van der Waals surface area contributed by atoms with Crippen molar-refractivity contribution < 1.29 is 9.53 Å². The average Bonchev–Trinajstić information content (AvgIpc) is 2.52. The van der Waals surface area contributed by atoms with Gasteiger partial charge in [0.1, 0.15) is 12.4 Å². The monoisotopic (exact) mass is 321 g/mol. The van der Waals surface area contributed by atoms with Crippen molar-refractivity contribution in [1.82, 2.24) is 10.2 Å². The van der Waals surface area contributed by atoms with Gasteiger partial charge in [-0.2, -0.15) is 0 Å². The molecule has 2 amide bonds. The van der Waals surface area contributed by atoms with Gasteiger partial charge in [0.05, 0.1) is 5.69 Å². The second-order valence-electron chi connectivity index (χ2n) is 5.93. The molecule has 0 bridgehead atoms.